The van der Waals surface area contributed by atoms with Crippen LogP contribution in [0.25, 0.3) is 0 Å². The van der Waals surface area contributed by atoms with Crippen LogP contribution in [-0.4, -0.2) is 23.9 Å². The van der Waals surface area contributed by atoms with Gasteiger partial charge in [-0.25, -0.2) is 4.79 Å². The van der Waals surface area contributed by atoms with E-state index in [2.05, 4.69) is 10.1 Å². The van der Waals surface area contributed by atoms with Crippen molar-refractivity contribution in [3.05, 3.63) is 68.7 Å². The van der Waals surface area contributed by atoms with Crippen LogP contribution in [0.1, 0.15) is 20.7 Å². The molecule has 0 saturated heterocycles. The van der Waals surface area contributed by atoms with E-state index in [0.29, 0.717) is 0 Å². The average molecular weight is 335 g/mol. The predicted molar refractivity (Wildman–Crippen MR) is 83.8 cm³/mol. The molecular formula is C15H11ClN2O5. The average Bonchev–Trinajstić information content (AvgIpc) is 2.55. The second kappa shape index (κ2) is 6.89. The maximum atomic E-state index is 12.2. The molecule has 23 heavy (non-hydrogen) atoms. The first kappa shape index (κ1) is 16.4. The van der Waals surface area contributed by atoms with Gasteiger partial charge in [0.25, 0.3) is 11.6 Å². The number of nitrogens with one attached hydrogen (secondary N) is 1. The normalized spacial score (nSPS) is 10.0. The molecule has 0 saturated carbocycles. The maximum Gasteiger partial charge on any atom is 0.337 e. The van der Waals surface area contributed by atoms with Crippen molar-refractivity contribution in [1.29, 1.82) is 0 Å². The molecule has 0 spiro atoms. The monoisotopic (exact) mass is 334 g/mol. The highest BCUT2D eigenvalue weighted by Gasteiger charge is 2.18. The highest BCUT2D eigenvalue weighted by atomic mass is 35.5. The zero-order valence-corrected chi connectivity index (χ0v) is 12.7. The first-order valence-corrected chi connectivity index (χ1v) is 6.74. The van der Waals surface area contributed by atoms with Crippen LogP contribution in [0.15, 0.2) is 42.5 Å². The zero-order valence-electron chi connectivity index (χ0n) is 11.9. The van der Waals surface area contributed by atoms with Crippen LogP contribution in [-0.2, 0) is 4.74 Å². The Morgan fingerprint density at radius 2 is 1.87 bits per heavy atom. The van der Waals surface area contributed by atoms with E-state index < -0.39 is 16.8 Å². The van der Waals surface area contributed by atoms with Crippen LogP contribution in [0.2, 0.25) is 5.02 Å². The summed E-state index contributed by atoms with van der Waals surface area (Å²) in [5, 5.41) is 13.6. The van der Waals surface area contributed by atoms with Crippen LogP contribution in [0.4, 0.5) is 11.4 Å². The fraction of sp³-hybridized carbons (Fsp3) is 0.0667. The molecule has 1 N–H and O–H groups in total. The van der Waals surface area contributed by atoms with E-state index in [1.807, 2.05) is 0 Å². The minimum Gasteiger partial charge on any atom is -0.465 e. The van der Waals surface area contributed by atoms with Crippen LogP contribution in [0.5, 0.6) is 0 Å². The van der Waals surface area contributed by atoms with Crippen molar-refractivity contribution in [3.8, 4) is 0 Å². The summed E-state index contributed by atoms with van der Waals surface area (Å²) in [6, 6.07) is 9.72. The molecule has 0 radical (unpaired) electrons. The maximum absolute atomic E-state index is 12.2. The summed E-state index contributed by atoms with van der Waals surface area (Å²) < 4.78 is 4.58. The lowest BCUT2D eigenvalue weighted by molar-refractivity contribution is -0.383. The molecule has 0 fully saturated rings. The van der Waals surface area contributed by atoms with Crippen molar-refractivity contribution in [3.63, 3.8) is 0 Å². The second-order valence-corrected chi connectivity index (χ2v) is 4.88. The molecule has 118 valence electrons. The molecule has 0 aliphatic carbocycles. The summed E-state index contributed by atoms with van der Waals surface area (Å²) in [5.41, 5.74) is 0.0470. The van der Waals surface area contributed by atoms with E-state index in [0.717, 1.165) is 6.07 Å². The number of rotatable bonds is 4. The third kappa shape index (κ3) is 3.83. The number of esters is 1. The first-order valence-electron chi connectivity index (χ1n) is 6.36. The van der Waals surface area contributed by atoms with Gasteiger partial charge in [0.15, 0.2) is 0 Å². The predicted octanol–water partition coefficient (Wildman–Crippen LogP) is 3.29. The lowest BCUT2D eigenvalue weighted by Crippen LogP contribution is -2.14. The third-order valence-corrected chi connectivity index (χ3v) is 3.19. The Kier molecular flexibility index (Phi) is 4.92. The number of nitro benzene ring substituents is 1. The van der Waals surface area contributed by atoms with E-state index >= 15 is 0 Å². The van der Waals surface area contributed by atoms with Crippen molar-refractivity contribution in [2.75, 3.05) is 12.4 Å². The second-order valence-electron chi connectivity index (χ2n) is 4.45. The van der Waals surface area contributed by atoms with E-state index in [1.165, 1.54) is 43.5 Å². The van der Waals surface area contributed by atoms with Gasteiger partial charge in [-0.15, -0.1) is 0 Å². The number of anilines is 1. The summed E-state index contributed by atoms with van der Waals surface area (Å²) in [4.78, 5) is 34.0. The zero-order chi connectivity index (χ0) is 17.0. The summed E-state index contributed by atoms with van der Waals surface area (Å²) in [7, 11) is 1.23. The highest BCUT2D eigenvalue weighted by Crippen LogP contribution is 2.28. The van der Waals surface area contributed by atoms with Gasteiger partial charge in [0, 0.05) is 16.7 Å². The number of hydrogen-bond donors (Lipinski definition) is 1. The Balaban J connectivity index is 2.30. The molecule has 2 rings (SSSR count). The van der Waals surface area contributed by atoms with Crippen LogP contribution < -0.4 is 5.32 Å². The number of amides is 1. The van der Waals surface area contributed by atoms with Gasteiger partial charge in [0.05, 0.1) is 17.6 Å². The molecule has 0 unspecified atom stereocenters. The summed E-state index contributed by atoms with van der Waals surface area (Å²) in [5.74, 6) is -1.18. The number of methoxy groups -OCH3 is 1. The molecule has 0 aromatic heterocycles. The van der Waals surface area contributed by atoms with Crippen LogP contribution in [0.3, 0.4) is 0 Å². The van der Waals surface area contributed by atoms with Crippen molar-refractivity contribution in [2.45, 2.75) is 0 Å². The number of nitro groups is 1. The number of benzene rings is 2. The first-order chi connectivity index (χ1) is 10.9. The number of carbonyl (C=O) groups excluding carboxylic acids is 2. The molecule has 0 atom stereocenters. The van der Waals surface area contributed by atoms with E-state index in [-0.39, 0.29) is 27.5 Å². The summed E-state index contributed by atoms with van der Waals surface area (Å²) >= 11 is 5.72. The van der Waals surface area contributed by atoms with E-state index in [4.69, 9.17) is 11.6 Å². The van der Waals surface area contributed by atoms with Gasteiger partial charge in [0.2, 0.25) is 0 Å². The number of carbonyl (C=O) groups is 2. The molecule has 0 bridgehead atoms. The Bertz CT molecular complexity index is 791. The fourth-order valence-corrected chi connectivity index (χ4v) is 2.03. The fourth-order valence-electron chi connectivity index (χ4n) is 1.86. The van der Waals surface area contributed by atoms with Gasteiger partial charge in [-0.2, -0.15) is 0 Å². The highest BCUT2D eigenvalue weighted by molar-refractivity contribution is 6.31. The quantitative estimate of drug-likeness (QED) is 0.525. The number of nitrogens with zero attached hydrogens (tertiary/aromatic N) is 1. The van der Waals surface area contributed by atoms with Gasteiger partial charge in [-0.3, -0.25) is 14.9 Å². The molecule has 1 amide bonds. The van der Waals surface area contributed by atoms with Crippen LogP contribution in [0, 0.1) is 10.1 Å². The van der Waals surface area contributed by atoms with Crippen molar-refractivity contribution in [2.24, 2.45) is 0 Å². The Hall–Kier alpha value is -2.93. The molecular weight excluding hydrogens is 324 g/mol. The number of hydrogen-bond acceptors (Lipinski definition) is 5. The van der Waals surface area contributed by atoms with Crippen molar-refractivity contribution >= 4 is 34.9 Å². The lowest BCUT2D eigenvalue weighted by atomic mass is 10.1. The van der Waals surface area contributed by atoms with Crippen molar-refractivity contribution < 1.29 is 19.2 Å². The Morgan fingerprint density at radius 3 is 2.52 bits per heavy atom. The van der Waals surface area contributed by atoms with E-state index in [9.17, 15) is 19.7 Å². The van der Waals surface area contributed by atoms with Crippen LogP contribution >= 0.6 is 11.6 Å². The van der Waals surface area contributed by atoms with E-state index in [1.54, 1.807) is 0 Å². The molecule has 2 aromatic carbocycles. The summed E-state index contributed by atoms with van der Waals surface area (Å²) in [6.45, 7) is 0. The minimum atomic E-state index is -0.646. The van der Waals surface area contributed by atoms with Crippen molar-refractivity contribution in [1.82, 2.24) is 0 Å². The number of ether oxygens (including phenoxy) is 1. The molecule has 0 aliphatic rings. The molecule has 2 aromatic rings. The lowest BCUT2D eigenvalue weighted by Gasteiger charge is -2.07. The Labute approximate surface area is 136 Å². The Morgan fingerprint density at radius 1 is 1.17 bits per heavy atom. The van der Waals surface area contributed by atoms with Gasteiger partial charge < -0.3 is 10.1 Å². The van der Waals surface area contributed by atoms with Gasteiger partial charge in [-0.1, -0.05) is 17.7 Å². The minimum absolute atomic E-state index is 0.00729. The molecule has 0 heterocycles. The van der Waals surface area contributed by atoms with Gasteiger partial charge in [-0.05, 0) is 30.3 Å². The molecule has 0 aliphatic heterocycles. The number of halogens is 1. The van der Waals surface area contributed by atoms with Gasteiger partial charge >= 0.3 is 5.97 Å². The molecule has 7 nitrogen and oxygen atoms in total. The third-order valence-electron chi connectivity index (χ3n) is 2.95. The SMILES string of the molecule is COC(=O)c1cccc(C(=O)Nc2ccc(Cl)cc2[N+](=O)[O-])c1. The topological polar surface area (TPSA) is 98.5 Å². The molecule has 8 heteroatoms. The summed E-state index contributed by atoms with van der Waals surface area (Å²) in [6.07, 6.45) is 0. The van der Waals surface area contributed by atoms with Gasteiger partial charge in [0.1, 0.15) is 5.69 Å². The smallest absolute Gasteiger partial charge is 0.337 e. The standard InChI is InChI=1S/C15H11ClN2O5/c1-23-15(20)10-4-2-3-9(7-10)14(19)17-12-6-5-11(16)8-13(12)18(21)22/h2-8H,1H3,(H,17,19). The largest absolute Gasteiger partial charge is 0.465 e.